The minimum Gasteiger partial charge on any atom is -0.485 e. The highest BCUT2D eigenvalue weighted by molar-refractivity contribution is 9.10. The van der Waals surface area contributed by atoms with Crippen LogP contribution in [0.5, 0.6) is 5.75 Å². The molecular formula is C17H12BrNO. The fourth-order valence-corrected chi connectivity index (χ4v) is 2.79. The second kappa shape index (κ2) is 5.52. The molecule has 0 radical (unpaired) electrons. The average Bonchev–Trinajstić information content (AvgIpc) is 2.49. The van der Waals surface area contributed by atoms with Gasteiger partial charge in [0, 0.05) is 22.5 Å². The molecule has 0 fully saturated rings. The van der Waals surface area contributed by atoms with E-state index in [2.05, 4.69) is 34.1 Å². The molecule has 3 heteroatoms. The number of ether oxygens (including phenoxy) is 1. The maximum atomic E-state index is 8.99. The van der Waals surface area contributed by atoms with Crippen LogP contribution in [0.3, 0.4) is 0 Å². The van der Waals surface area contributed by atoms with Crippen LogP contribution in [-0.2, 0) is 0 Å². The Labute approximate surface area is 126 Å². The van der Waals surface area contributed by atoms with E-state index >= 15 is 0 Å². The zero-order chi connectivity index (χ0) is 13.9. The molecule has 2 aromatic carbocycles. The number of hydrogen-bond donors (Lipinski definition) is 0. The highest BCUT2D eigenvalue weighted by Gasteiger charge is 2.25. The lowest BCUT2D eigenvalue weighted by molar-refractivity contribution is 0.202. The van der Waals surface area contributed by atoms with Crippen molar-refractivity contribution in [2.24, 2.45) is 0 Å². The van der Waals surface area contributed by atoms with Gasteiger partial charge in [0.1, 0.15) is 11.9 Å². The predicted octanol–water partition coefficient (Wildman–Crippen LogP) is 4.88. The van der Waals surface area contributed by atoms with Crippen LogP contribution in [0.1, 0.15) is 23.7 Å². The molecule has 1 aliphatic heterocycles. The number of fused-ring (bicyclic) bond motifs is 1. The van der Waals surface area contributed by atoms with Crippen LogP contribution in [0.15, 0.2) is 59.1 Å². The van der Waals surface area contributed by atoms with Gasteiger partial charge in [-0.05, 0) is 29.3 Å². The summed E-state index contributed by atoms with van der Waals surface area (Å²) in [5.74, 6) is 0.829. The first-order valence-electron chi connectivity index (χ1n) is 6.38. The summed E-state index contributed by atoms with van der Waals surface area (Å²) in [4.78, 5) is 0. The van der Waals surface area contributed by atoms with Gasteiger partial charge in [-0.1, -0.05) is 46.3 Å². The topological polar surface area (TPSA) is 33.0 Å². The van der Waals surface area contributed by atoms with Crippen LogP contribution >= 0.6 is 15.9 Å². The smallest absolute Gasteiger partial charge is 0.128 e. The first kappa shape index (κ1) is 13.0. The normalized spacial score (nSPS) is 19.0. The highest BCUT2D eigenvalue weighted by Crippen LogP contribution is 2.42. The highest BCUT2D eigenvalue weighted by atomic mass is 79.9. The quantitative estimate of drug-likeness (QED) is 0.700. The van der Waals surface area contributed by atoms with Crippen LogP contribution in [0.2, 0.25) is 0 Å². The van der Waals surface area contributed by atoms with Crippen molar-refractivity contribution in [3.8, 4) is 11.8 Å². The molecule has 98 valence electrons. The molecule has 0 aromatic heterocycles. The number of hydrogen-bond acceptors (Lipinski definition) is 2. The van der Waals surface area contributed by atoms with E-state index in [4.69, 9.17) is 10.00 Å². The third-order valence-electron chi connectivity index (χ3n) is 3.37. The fourth-order valence-electron chi connectivity index (χ4n) is 2.43. The van der Waals surface area contributed by atoms with E-state index in [9.17, 15) is 0 Å². The standard InChI is InChI=1S/C17H12BrNO/c18-14-6-7-16-15(11-14)13(8-9-19)10-17(20-16)12-4-2-1-3-5-12/h1-8,11,17H,10H2/b13-8+. The zero-order valence-corrected chi connectivity index (χ0v) is 12.3. The molecule has 1 atom stereocenters. The van der Waals surface area contributed by atoms with Crippen molar-refractivity contribution in [2.45, 2.75) is 12.5 Å². The minimum absolute atomic E-state index is 0.0375. The van der Waals surface area contributed by atoms with Gasteiger partial charge < -0.3 is 4.74 Å². The predicted molar refractivity (Wildman–Crippen MR) is 82.2 cm³/mol. The van der Waals surface area contributed by atoms with E-state index in [0.29, 0.717) is 6.42 Å². The SMILES string of the molecule is N#C/C=C1\CC(c2ccccc2)Oc2ccc(Br)cc21. The van der Waals surface area contributed by atoms with E-state index in [0.717, 1.165) is 26.9 Å². The van der Waals surface area contributed by atoms with Gasteiger partial charge in [0.2, 0.25) is 0 Å². The lowest BCUT2D eigenvalue weighted by atomic mass is 9.92. The Morgan fingerprint density at radius 1 is 1.20 bits per heavy atom. The Morgan fingerprint density at radius 2 is 2.00 bits per heavy atom. The Bertz CT molecular complexity index is 701. The van der Waals surface area contributed by atoms with Gasteiger partial charge in [-0.2, -0.15) is 5.26 Å². The molecule has 0 saturated heterocycles. The fraction of sp³-hybridized carbons (Fsp3) is 0.118. The third-order valence-corrected chi connectivity index (χ3v) is 3.87. The number of nitriles is 1. The van der Waals surface area contributed by atoms with Crippen LogP contribution in [0.4, 0.5) is 0 Å². The molecule has 0 bridgehead atoms. The molecule has 2 aromatic rings. The lowest BCUT2D eigenvalue weighted by Gasteiger charge is -2.28. The monoisotopic (exact) mass is 325 g/mol. The van der Waals surface area contributed by atoms with Gasteiger partial charge in [-0.25, -0.2) is 0 Å². The molecule has 0 aliphatic carbocycles. The van der Waals surface area contributed by atoms with Gasteiger partial charge in [0.05, 0.1) is 6.07 Å². The molecule has 1 unspecified atom stereocenters. The second-order valence-electron chi connectivity index (χ2n) is 4.66. The summed E-state index contributed by atoms with van der Waals surface area (Å²) in [6.07, 6.45) is 2.29. The molecule has 0 spiro atoms. The molecular weight excluding hydrogens is 314 g/mol. The van der Waals surface area contributed by atoms with Crippen LogP contribution in [-0.4, -0.2) is 0 Å². The number of halogens is 1. The van der Waals surface area contributed by atoms with E-state index in [1.165, 1.54) is 0 Å². The van der Waals surface area contributed by atoms with Gasteiger partial charge in [-0.15, -0.1) is 0 Å². The van der Waals surface area contributed by atoms with Crippen molar-refractivity contribution in [3.05, 3.63) is 70.2 Å². The average molecular weight is 326 g/mol. The van der Waals surface area contributed by atoms with Gasteiger partial charge >= 0.3 is 0 Å². The van der Waals surface area contributed by atoms with Crippen molar-refractivity contribution in [1.82, 2.24) is 0 Å². The molecule has 1 aliphatic rings. The first-order valence-corrected chi connectivity index (χ1v) is 7.17. The Balaban J connectivity index is 2.04. The number of allylic oxidation sites excluding steroid dienone is 1. The van der Waals surface area contributed by atoms with Crippen molar-refractivity contribution >= 4 is 21.5 Å². The van der Waals surface area contributed by atoms with E-state index in [1.807, 2.05) is 36.4 Å². The van der Waals surface area contributed by atoms with E-state index in [1.54, 1.807) is 6.08 Å². The number of nitrogens with zero attached hydrogens (tertiary/aromatic N) is 1. The van der Waals surface area contributed by atoms with Gasteiger partial charge in [0.15, 0.2) is 0 Å². The maximum Gasteiger partial charge on any atom is 0.128 e. The minimum atomic E-state index is -0.0375. The van der Waals surface area contributed by atoms with Crippen molar-refractivity contribution in [2.75, 3.05) is 0 Å². The van der Waals surface area contributed by atoms with Crippen molar-refractivity contribution in [1.29, 1.82) is 5.26 Å². The molecule has 1 heterocycles. The summed E-state index contributed by atoms with van der Waals surface area (Å²) >= 11 is 3.46. The molecule has 3 rings (SSSR count). The van der Waals surface area contributed by atoms with E-state index < -0.39 is 0 Å². The Morgan fingerprint density at radius 3 is 2.75 bits per heavy atom. The Kier molecular flexibility index (Phi) is 3.58. The number of benzene rings is 2. The lowest BCUT2D eigenvalue weighted by Crippen LogP contribution is -2.14. The molecule has 0 saturated carbocycles. The summed E-state index contributed by atoms with van der Waals surface area (Å²) < 4.78 is 7.07. The van der Waals surface area contributed by atoms with Crippen molar-refractivity contribution in [3.63, 3.8) is 0 Å². The summed E-state index contributed by atoms with van der Waals surface area (Å²) in [5.41, 5.74) is 3.14. The van der Waals surface area contributed by atoms with Crippen molar-refractivity contribution < 1.29 is 4.74 Å². The van der Waals surface area contributed by atoms with Gasteiger partial charge in [0.25, 0.3) is 0 Å². The van der Waals surface area contributed by atoms with Crippen LogP contribution in [0, 0.1) is 11.3 Å². The summed E-state index contributed by atoms with van der Waals surface area (Å²) in [7, 11) is 0. The maximum absolute atomic E-state index is 8.99. The summed E-state index contributed by atoms with van der Waals surface area (Å²) in [6.45, 7) is 0. The second-order valence-corrected chi connectivity index (χ2v) is 5.58. The Hall–Kier alpha value is -2.05. The first-order chi connectivity index (χ1) is 9.78. The van der Waals surface area contributed by atoms with Crippen LogP contribution in [0.25, 0.3) is 5.57 Å². The van der Waals surface area contributed by atoms with E-state index in [-0.39, 0.29) is 6.10 Å². The zero-order valence-electron chi connectivity index (χ0n) is 10.7. The molecule has 0 amide bonds. The molecule has 2 nitrogen and oxygen atoms in total. The molecule has 0 N–H and O–H groups in total. The number of rotatable bonds is 1. The summed E-state index contributed by atoms with van der Waals surface area (Å²) in [6, 6.07) is 18.1. The van der Waals surface area contributed by atoms with Gasteiger partial charge in [-0.3, -0.25) is 0 Å². The molecule has 20 heavy (non-hydrogen) atoms. The third kappa shape index (κ3) is 2.48. The summed E-state index contributed by atoms with van der Waals surface area (Å²) in [5, 5.41) is 8.99. The largest absolute Gasteiger partial charge is 0.485 e. The van der Waals surface area contributed by atoms with Crippen LogP contribution < -0.4 is 4.74 Å².